The highest BCUT2D eigenvalue weighted by atomic mass is 32.2. The molecule has 1 aromatic heterocycles. The van der Waals surface area contributed by atoms with Crippen LogP contribution in [-0.2, 0) is 4.79 Å². The first kappa shape index (κ1) is 22.7. The number of aromatic nitrogens is 2. The summed E-state index contributed by atoms with van der Waals surface area (Å²) < 4.78 is 5.30. The van der Waals surface area contributed by atoms with Gasteiger partial charge in [-0.2, -0.15) is 5.10 Å². The van der Waals surface area contributed by atoms with Crippen LogP contribution < -0.4 is 16.2 Å². The molecule has 1 aliphatic rings. The normalized spacial score (nSPS) is 15.3. The molecule has 4 aromatic rings. The second-order valence-electron chi connectivity index (χ2n) is 8.13. The molecule has 1 aliphatic heterocycles. The van der Waals surface area contributed by atoms with Gasteiger partial charge in [-0.1, -0.05) is 60.3 Å². The summed E-state index contributed by atoms with van der Waals surface area (Å²) in [5.41, 5.74) is 14.4. The summed E-state index contributed by atoms with van der Waals surface area (Å²) in [6.45, 7) is 0. The van der Waals surface area contributed by atoms with Crippen LogP contribution in [0.25, 0.3) is 10.8 Å². The van der Waals surface area contributed by atoms with Crippen molar-refractivity contribution in [1.29, 1.82) is 0 Å². The van der Waals surface area contributed by atoms with Crippen LogP contribution in [0.1, 0.15) is 23.6 Å². The summed E-state index contributed by atoms with van der Waals surface area (Å²) in [4.78, 5) is 21.6. The molecule has 35 heavy (non-hydrogen) atoms. The molecule has 0 fully saturated rings. The van der Waals surface area contributed by atoms with Gasteiger partial charge in [-0.05, 0) is 40.1 Å². The fraction of sp³-hybridized carbons (Fsp3) is 0.154. The lowest BCUT2D eigenvalue weighted by Crippen LogP contribution is -2.28. The Hall–Kier alpha value is -4.11. The molecule has 4 N–H and O–H groups in total. The number of nitrogens with zero attached hydrogens (tertiary/aromatic N) is 4. The molecular weight excluding hydrogens is 460 g/mol. The highest BCUT2D eigenvalue weighted by Crippen LogP contribution is 2.35. The van der Waals surface area contributed by atoms with E-state index in [4.69, 9.17) is 21.3 Å². The van der Waals surface area contributed by atoms with Crippen molar-refractivity contribution in [2.45, 2.75) is 17.6 Å². The summed E-state index contributed by atoms with van der Waals surface area (Å²) in [6, 6.07) is 23.4. The number of hydrazone groups is 1. The summed E-state index contributed by atoms with van der Waals surface area (Å²) in [5, 5.41) is 8.99. The number of hydrogen-bond donors (Lipinski definition) is 2. The minimum absolute atomic E-state index is 0.101. The third-order valence-corrected chi connectivity index (χ3v) is 6.65. The van der Waals surface area contributed by atoms with Crippen molar-refractivity contribution in [2.75, 3.05) is 24.3 Å². The molecule has 3 aromatic carbocycles. The van der Waals surface area contributed by atoms with E-state index in [1.165, 1.54) is 17.8 Å². The van der Waals surface area contributed by atoms with E-state index < -0.39 is 0 Å². The van der Waals surface area contributed by atoms with Crippen molar-refractivity contribution in [3.63, 3.8) is 0 Å². The van der Waals surface area contributed by atoms with Crippen molar-refractivity contribution >= 4 is 45.8 Å². The van der Waals surface area contributed by atoms with E-state index in [-0.39, 0.29) is 29.3 Å². The third kappa shape index (κ3) is 4.90. The van der Waals surface area contributed by atoms with Gasteiger partial charge in [-0.25, -0.2) is 15.0 Å². The Morgan fingerprint density at radius 3 is 2.43 bits per heavy atom. The summed E-state index contributed by atoms with van der Waals surface area (Å²) in [7, 11) is 1.63. The van der Waals surface area contributed by atoms with Gasteiger partial charge in [0.05, 0.1) is 24.6 Å². The molecule has 0 saturated carbocycles. The molecular formula is C26H24N6O2S. The van der Waals surface area contributed by atoms with E-state index in [0.717, 1.165) is 33.4 Å². The van der Waals surface area contributed by atoms with E-state index in [9.17, 15) is 4.79 Å². The maximum absolute atomic E-state index is 13.3. The maximum atomic E-state index is 13.3. The smallest absolute Gasteiger partial charge is 0.253 e. The zero-order valence-corrected chi connectivity index (χ0v) is 19.9. The molecule has 0 unspecified atom stereocenters. The number of hydrogen-bond acceptors (Lipinski definition) is 8. The Bertz CT molecular complexity index is 1400. The first-order chi connectivity index (χ1) is 17.0. The number of amides is 1. The first-order valence-electron chi connectivity index (χ1n) is 11.1. The Kier molecular flexibility index (Phi) is 6.24. The van der Waals surface area contributed by atoms with E-state index in [2.05, 4.69) is 40.3 Å². The fourth-order valence-corrected chi connectivity index (χ4v) is 4.81. The van der Waals surface area contributed by atoms with E-state index >= 15 is 0 Å². The molecule has 0 aliphatic carbocycles. The molecule has 9 heteroatoms. The number of rotatable bonds is 6. The highest BCUT2D eigenvalue weighted by molar-refractivity contribution is 7.99. The van der Waals surface area contributed by atoms with Crippen LogP contribution in [0, 0.1) is 0 Å². The van der Waals surface area contributed by atoms with E-state index in [1.54, 1.807) is 12.1 Å². The second kappa shape index (κ2) is 9.63. The molecule has 1 amide bonds. The van der Waals surface area contributed by atoms with Crippen molar-refractivity contribution < 1.29 is 9.53 Å². The molecule has 0 saturated heterocycles. The largest absolute Gasteiger partial charge is 0.497 e. The van der Waals surface area contributed by atoms with Crippen LogP contribution in [-0.4, -0.2) is 39.5 Å². The minimum Gasteiger partial charge on any atom is -0.497 e. The van der Waals surface area contributed by atoms with Crippen LogP contribution >= 0.6 is 11.8 Å². The summed E-state index contributed by atoms with van der Waals surface area (Å²) in [5.74, 6) is 1.23. The molecule has 176 valence electrons. The van der Waals surface area contributed by atoms with Crippen LogP contribution in [0.15, 0.2) is 83.1 Å². The zero-order chi connectivity index (χ0) is 24.4. The average molecular weight is 485 g/mol. The number of anilines is 2. The summed E-state index contributed by atoms with van der Waals surface area (Å²) >= 11 is 1.18. The number of fused-ring (bicyclic) bond motifs is 1. The van der Waals surface area contributed by atoms with Gasteiger partial charge in [0.15, 0.2) is 5.16 Å². The monoisotopic (exact) mass is 484 g/mol. The van der Waals surface area contributed by atoms with Crippen LogP contribution in [0.2, 0.25) is 0 Å². The maximum Gasteiger partial charge on any atom is 0.253 e. The zero-order valence-electron chi connectivity index (χ0n) is 19.1. The number of carbonyl (C=O) groups excluding carboxylic acids is 1. The number of methoxy groups -OCH3 is 1. The number of nitrogens with two attached hydrogens (primary N) is 2. The summed E-state index contributed by atoms with van der Waals surface area (Å²) in [6.07, 6.45) is 0.600. The third-order valence-electron chi connectivity index (χ3n) is 5.82. The number of thioether (sulfide) groups is 1. The lowest BCUT2D eigenvalue weighted by molar-refractivity contribution is -0.130. The molecule has 0 bridgehead atoms. The van der Waals surface area contributed by atoms with Gasteiger partial charge < -0.3 is 16.2 Å². The fourth-order valence-electron chi connectivity index (χ4n) is 4.09. The van der Waals surface area contributed by atoms with Gasteiger partial charge >= 0.3 is 0 Å². The Morgan fingerprint density at radius 1 is 1.00 bits per heavy atom. The Labute approximate surface area is 207 Å². The lowest BCUT2D eigenvalue weighted by Gasteiger charge is -2.22. The molecule has 8 nitrogen and oxygen atoms in total. The predicted octanol–water partition coefficient (Wildman–Crippen LogP) is 4.27. The molecule has 0 spiro atoms. The minimum atomic E-state index is -0.234. The van der Waals surface area contributed by atoms with Gasteiger partial charge in [0.1, 0.15) is 17.4 Å². The van der Waals surface area contributed by atoms with Crippen LogP contribution in [0.3, 0.4) is 0 Å². The SMILES string of the molecule is COc1ccc([C@@H]2CC(c3ccc4ccccc4c3)=NN2C(=O)CSc2nc(N)cc(N)n2)cc1. The average Bonchev–Trinajstić information content (AvgIpc) is 3.32. The molecule has 5 rings (SSSR count). The Balaban J connectivity index is 1.44. The standard InChI is InChI=1S/C26H24N6O2S/c1-34-20-10-8-17(9-11-20)22-13-21(19-7-6-16-4-2-3-5-18(16)12-19)31-32(22)25(33)15-35-26-29-23(27)14-24(28)30-26/h2-12,14,22H,13,15H2,1H3,(H4,27,28,29,30)/t22-/m0/s1. The van der Waals surface area contributed by atoms with Crippen LogP contribution in [0.4, 0.5) is 11.6 Å². The first-order valence-corrected chi connectivity index (χ1v) is 12.0. The van der Waals surface area contributed by atoms with Crippen molar-refractivity contribution in [1.82, 2.24) is 15.0 Å². The molecule has 0 radical (unpaired) electrons. The van der Waals surface area contributed by atoms with Gasteiger partial charge in [0.2, 0.25) is 0 Å². The highest BCUT2D eigenvalue weighted by Gasteiger charge is 2.33. The van der Waals surface area contributed by atoms with Crippen molar-refractivity contribution in [3.05, 3.63) is 83.9 Å². The Morgan fingerprint density at radius 2 is 1.71 bits per heavy atom. The van der Waals surface area contributed by atoms with E-state index in [0.29, 0.717) is 11.6 Å². The van der Waals surface area contributed by atoms with Crippen molar-refractivity contribution in [3.8, 4) is 5.75 Å². The number of nitrogen functional groups attached to an aromatic ring is 2. The number of carbonyl (C=O) groups is 1. The van der Waals surface area contributed by atoms with Gasteiger partial charge in [0, 0.05) is 12.5 Å². The van der Waals surface area contributed by atoms with Crippen molar-refractivity contribution in [2.24, 2.45) is 5.10 Å². The predicted molar refractivity (Wildman–Crippen MR) is 139 cm³/mol. The topological polar surface area (TPSA) is 120 Å². The van der Waals surface area contributed by atoms with Gasteiger partial charge in [0.25, 0.3) is 5.91 Å². The lowest BCUT2D eigenvalue weighted by atomic mass is 9.97. The molecule has 1 atom stereocenters. The second-order valence-corrected chi connectivity index (χ2v) is 9.07. The number of benzene rings is 3. The quantitative estimate of drug-likeness (QED) is 0.310. The number of ether oxygens (including phenoxy) is 1. The molecule has 2 heterocycles. The van der Waals surface area contributed by atoms with Gasteiger partial charge in [-0.3, -0.25) is 4.79 Å². The van der Waals surface area contributed by atoms with Gasteiger partial charge in [-0.15, -0.1) is 0 Å². The van der Waals surface area contributed by atoms with Crippen LogP contribution in [0.5, 0.6) is 5.75 Å². The van der Waals surface area contributed by atoms with E-state index in [1.807, 2.05) is 36.4 Å².